The zero-order chi connectivity index (χ0) is 12.1. The fraction of sp³-hybridized carbons (Fsp3) is 0.929. The molecule has 0 bridgehead atoms. The smallest absolute Gasteiger partial charge is 0.109 e. The molecule has 2 rings (SSSR count). The summed E-state index contributed by atoms with van der Waals surface area (Å²) in [6.45, 7) is 6.75. The first-order chi connectivity index (χ1) is 8.30. The topological polar surface area (TPSA) is 39.1 Å². The van der Waals surface area contributed by atoms with Crippen molar-refractivity contribution in [2.75, 3.05) is 26.2 Å². The van der Waals surface area contributed by atoms with E-state index in [0.717, 1.165) is 13.0 Å². The van der Waals surface area contributed by atoms with Crippen LogP contribution in [-0.4, -0.2) is 36.6 Å². The van der Waals surface area contributed by atoms with Gasteiger partial charge in [0, 0.05) is 0 Å². The zero-order valence-corrected chi connectivity index (χ0v) is 11.0. The summed E-state index contributed by atoms with van der Waals surface area (Å²) in [4.78, 5) is 2.56. The number of likely N-dealkylation sites (tertiary alicyclic amines) is 1. The van der Waals surface area contributed by atoms with Gasteiger partial charge in [0.2, 0.25) is 0 Å². The molecule has 0 radical (unpaired) electrons. The third-order valence-electron chi connectivity index (χ3n) is 4.50. The number of nitriles is 1. The molecule has 2 fully saturated rings. The van der Waals surface area contributed by atoms with Crippen molar-refractivity contribution in [1.29, 1.82) is 5.26 Å². The predicted octanol–water partition coefficient (Wildman–Crippen LogP) is 2.14. The maximum atomic E-state index is 9.48. The van der Waals surface area contributed by atoms with E-state index in [1.807, 2.05) is 0 Å². The maximum absolute atomic E-state index is 9.48. The first kappa shape index (κ1) is 12.9. The van der Waals surface area contributed by atoms with Crippen molar-refractivity contribution in [2.24, 2.45) is 5.92 Å². The van der Waals surface area contributed by atoms with Crippen LogP contribution >= 0.6 is 0 Å². The van der Waals surface area contributed by atoms with Crippen molar-refractivity contribution in [2.45, 2.75) is 51.0 Å². The third-order valence-corrected chi connectivity index (χ3v) is 4.50. The molecule has 96 valence electrons. The second kappa shape index (κ2) is 5.84. The van der Waals surface area contributed by atoms with Crippen molar-refractivity contribution >= 4 is 0 Å². The summed E-state index contributed by atoms with van der Waals surface area (Å²) in [5, 5.41) is 12.9. The molecule has 1 aliphatic carbocycles. The molecular formula is C14H25N3. The standard InChI is InChI=1S/C14H25N3/c1-2-16-14(12-15)8-5-6-13(14)7-11-17-9-3-4-10-17/h13,16H,2-11H2,1H3. The highest BCUT2D eigenvalue weighted by Gasteiger charge is 2.42. The van der Waals surface area contributed by atoms with E-state index in [4.69, 9.17) is 0 Å². The van der Waals surface area contributed by atoms with Gasteiger partial charge in [-0.15, -0.1) is 0 Å². The molecular weight excluding hydrogens is 210 g/mol. The molecule has 0 aromatic rings. The van der Waals surface area contributed by atoms with E-state index >= 15 is 0 Å². The summed E-state index contributed by atoms with van der Waals surface area (Å²) < 4.78 is 0. The minimum absolute atomic E-state index is 0.214. The normalized spacial score (nSPS) is 34.0. The van der Waals surface area contributed by atoms with Gasteiger partial charge in [-0.05, 0) is 64.2 Å². The Morgan fingerprint density at radius 3 is 2.76 bits per heavy atom. The molecule has 0 spiro atoms. The molecule has 2 unspecified atom stereocenters. The van der Waals surface area contributed by atoms with E-state index in [9.17, 15) is 5.26 Å². The number of hydrogen-bond donors (Lipinski definition) is 1. The Kier molecular flexibility index (Phi) is 4.42. The van der Waals surface area contributed by atoms with Gasteiger partial charge in [0.15, 0.2) is 0 Å². The van der Waals surface area contributed by atoms with Crippen molar-refractivity contribution in [1.82, 2.24) is 10.2 Å². The minimum atomic E-state index is -0.214. The van der Waals surface area contributed by atoms with Crippen LogP contribution in [0.25, 0.3) is 0 Å². The Bertz CT molecular complexity index is 278. The van der Waals surface area contributed by atoms with Gasteiger partial charge in [0.05, 0.1) is 6.07 Å². The summed E-state index contributed by atoms with van der Waals surface area (Å²) in [6.07, 6.45) is 7.41. The van der Waals surface area contributed by atoms with Crippen molar-refractivity contribution in [3.05, 3.63) is 0 Å². The van der Waals surface area contributed by atoms with E-state index in [1.54, 1.807) is 0 Å². The highest BCUT2D eigenvalue weighted by Crippen LogP contribution is 2.37. The van der Waals surface area contributed by atoms with Gasteiger partial charge >= 0.3 is 0 Å². The number of nitrogens with zero attached hydrogens (tertiary/aromatic N) is 2. The fourth-order valence-electron chi connectivity index (χ4n) is 3.55. The lowest BCUT2D eigenvalue weighted by Crippen LogP contribution is -2.47. The molecule has 1 N–H and O–H groups in total. The van der Waals surface area contributed by atoms with Crippen LogP contribution in [0.4, 0.5) is 0 Å². The van der Waals surface area contributed by atoms with Crippen molar-refractivity contribution in [3.63, 3.8) is 0 Å². The lowest BCUT2D eigenvalue weighted by molar-refractivity contribution is 0.252. The molecule has 2 aliphatic rings. The highest BCUT2D eigenvalue weighted by molar-refractivity contribution is 5.14. The summed E-state index contributed by atoms with van der Waals surface area (Å²) >= 11 is 0. The lowest BCUT2D eigenvalue weighted by atomic mass is 9.85. The Morgan fingerprint density at radius 1 is 1.35 bits per heavy atom. The molecule has 17 heavy (non-hydrogen) atoms. The Hall–Kier alpha value is -0.590. The second-order valence-electron chi connectivity index (χ2n) is 5.54. The molecule has 1 saturated carbocycles. The maximum Gasteiger partial charge on any atom is 0.109 e. The predicted molar refractivity (Wildman–Crippen MR) is 69.7 cm³/mol. The van der Waals surface area contributed by atoms with Gasteiger partial charge in [0.1, 0.15) is 5.54 Å². The van der Waals surface area contributed by atoms with Gasteiger partial charge in [-0.25, -0.2) is 0 Å². The van der Waals surface area contributed by atoms with E-state index in [2.05, 4.69) is 23.2 Å². The zero-order valence-electron chi connectivity index (χ0n) is 11.0. The summed E-state index contributed by atoms with van der Waals surface area (Å²) in [6, 6.07) is 2.57. The van der Waals surface area contributed by atoms with Crippen molar-refractivity contribution < 1.29 is 0 Å². The lowest BCUT2D eigenvalue weighted by Gasteiger charge is -2.30. The molecule has 3 nitrogen and oxygen atoms in total. The van der Waals surface area contributed by atoms with Crippen LogP contribution in [0.1, 0.15) is 45.4 Å². The average molecular weight is 235 g/mol. The van der Waals surface area contributed by atoms with Gasteiger partial charge in [0.25, 0.3) is 0 Å². The van der Waals surface area contributed by atoms with Crippen LogP contribution in [-0.2, 0) is 0 Å². The van der Waals surface area contributed by atoms with Crippen LogP contribution in [0.2, 0.25) is 0 Å². The molecule has 2 atom stereocenters. The van der Waals surface area contributed by atoms with Gasteiger partial charge in [-0.3, -0.25) is 5.32 Å². The monoisotopic (exact) mass is 235 g/mol. The van der Waals surface area contributed by atoms with E-state index in [0.29, 0.717) is 5.92 Å². The van der Waals surface area contributed by atoms with Gasteiger partial charge in [-0.2, -0.15) is 5.26 Å². The molecule has 1 heterocycles. The molecule has 1 saturated heterocycles. The Morgan fingerprint density at radius 2 is 2.12 bits per heavy atom. The number of hydrogen-bond acceptors (Lipinski definition) is 3. The summed E-state index contributed by atoms with van der Waals surface area (Å²) in [7, 11) is 0. The van der Waals surface area contributed by atoms with Crippen LogP contribution in [0, 0.1) is 17.2 Å². The van der Waals surface area contributed by atoms with E-state index < -0.39 is 0 Å². The average Bonchev–Trinajstić information content (AvgIpc) is 2.96. The Balaban J connectivity index is 1.87. The third kappa shape index (κ3) is 2.81. The van der Waals surface area contributed by atoms with Crippen LogP contribution in [0.3, 0.4) is 0 Å². The van der Waals surface area contributed by atoms with Crippen LogP contribution in [0.15, 0.2) is 0 Å². The van der Waals surface area contributed by atoms with Crippen LogP contribution in [0.5, 0.6) is 0 Å². The van der Waals surface area contributed by atoms with Gasteiger partial charge < -0.3 is 4.90 Å². The first-order valence-electron chi connectivity index (χ1n) is 7.19. The number of rotatable bonds is 5. The molecule has 0 aromatic carbocycles. The molecule has 3 heteroatoms. The molecule has 0 amide bonds. The first-order valence-corrected chi connectivity index (χ1v) is 7.19. The van der Waals surface area contributed by atoms with Crippen molar-refractivity contribution in [3.8, 4) is 6.07 Å². The molecule has 0 aromatic heterocycles. The second-order valence-corrected chi connectivity index (χ2v) is 5.54. The van der Waals surface area contributed by atoms with Crippen LogP contribution < -0.4 is 5.32 Å². The Labute approximate surface area is 105 Å². The van der Waals surface area contributed by atoms with E-state index in [1.165, 1.54) is 51.7 Å². The van der Waals surface area contributed by atoms with E-state index in [-0.39, 0.29) is 5.54 Å². The minimum Gasteiger partial charge on any atom is -0.303 e. The SMILES string of the molecule is CCNC1(C#N)CCCC1CCN1CCCC1. The summed E-state index contributed by atoms with van der Waals surface area (Å²) in [5.41, 5.74) is -0.214. The quantitative estimate of drug-likeness (QED) is 0.793. The largest absolute Gasteiger partial charge is 0.303 e. The van der Waals surface area contributed by atoms with Gasteiger partial charge in [-0.1, -0.05) is 13.3 Å². The summed E-state index contributed by atoms with van der Waals surface area (Å²) in [5.74, 6) is 0.563. The highest BCUT2D eigenvalue weighted by atomic mass is 15.1. The fourth-order valence-corrected chi connectivity index (χ4v) is 3.55. The molecule has 1 aliphatic heterocycles. The number of nitrogens with one attached hydrogen (secondary N) is 1.